The van der Waals surface area contributed by atoms with Crippen LogP contribution >= 0.6 is 0 Å². The maximum Gasteiger partial charge on any atom is 0.573 e. The standard InChI is InChI=1S/C18H21F3N2O4/c19-18(20,21)27-14-5-3-13(4-6-14)12-17(26)7-10-22(11-8-17)16(25)23-9-1-2-15(23)24/h3-6,26H,1-2,7-12H2. The van der Waals surface area contributed by atoms with Gasteiger partial charge < -0.3 is 14.7 Å². The third-order valence-corrected chi connectivity index (χ3v) is 4.96. The van der Waals surface area contributed by atoms with Crippen LogP contribution in [0.25, 0.3) is 0 Å². The fraction of sp³-hybridized carbons (Fsp3) is 0.556. The SMILES string of the molecule is O=C1CCCN1C(=O)N1CCC(O)(Cc2ccc(OC(F)(F)F)cc2)CC1. The number of hydrogen-bond donors (Lipinski definition) is 1. The molecule has 148 valence electrons. The van der Waals surface area contributed by atoms with E-state index in [9.17, 15) is 27.9 Å². The molecule has 0 spiro atoms. The first-order chi connectivity index (χ1) is 12.7. The first-order valence-corrected chi connectivity index (χ1v) is 8.82. The second-order valence-corrected chi connectivity index (χ2v) is 7.01. The second kappa shape index (κ2) is 7.38. The monoisotopic (exact) mass is 386 g/mol. The van der Waals surface area contributed by atoms with Crippen LogP contribution in [0.4, 0.5) is 18.0 Å². The van der Waals surface area contributed by atoms with E-state index in [1.165, 1.54) is 29.2 Å². The Balaban J connectivity index is 1.54. The smallest absolute Gasteiger partial charge is 0.406 e. The van der Waals surface area contributed by atoms with E-state index in [1.807, 2.05) is 0 Å². The van der Waals surface area contributed by atoms with E-state index >= 15 is 0 Å². The number of imide groups is 1. The van der Waals surface area contributed by atoms with Crippen LogP contribution in [-0.2, 0) is 11.2 Å². The lowest BCUT2D eigenvalue weighted by atomic mass is 9.85. The average Bonchev–Trinajstić information content (AvgIpc) is 3.01. The van der Waals surface area contributed by atoms with Crippen LogP contribution in [0.15, 0.2) is 24.3 Å². The number of ether oxygens (including phenoxy) is 1. The summed E-state index contributed by atoms with van der Waals surface area (Å²) in [7, 11) is 0. The van der Waals surface area contributed by atoms with Gasteiger partial charge in [0, 0.05) is 32.5 Å². The number of rotatable bonds is 3. The summed E-state index contributed by atoms with van der Waals surface area (Å²) in [5.74, 6) is -0.476. The molecule has 0 aromatic heterocycles. The van der Waals surface area contributed by atoms with Gasteiger partial charge in [-0.3, -0.25) is 9.69 Å². The Morgan fingerprint density at radius 1 is 1.15 bits per heavy atom. The first-order valence-electron chi connectivity index (χ1n) is 8.82. The number of benzene rings is 1. The molecule has 0 radical (unpaired) electrons. The number of aliphatic hydroxyl groups is 1. The molecule has 1 N–H and O–H groups in total. The fourth-order valence-corrected chi connectivity index (χ4v) is 3.50. The Morgan fingerprint density at radius 3 is 2.30 bits per heavy atom. The Hall–Kier alpha value is -2.29. The van der Waals surface area contributed by atoms with Gasteiger partial charge in [0.1, 0.15) is 5.75 Å². The van der Waals surface area contributed by atoms with E-state index in [0.717, 1.165) is 0 Å². The molecule has 1 aromatic rings. The molecular formula is C18H21F3N2O4. The molecule has 6 nitrogen and oxygen atoms in total. The van der Waals surface area contributed by atoms with Gasteiger partial charge in [-0.1, -0.05) is 12.1 Å². The molecule has 3 rings (SSSR count). The fourth-order valence-electron chi connectivity index (χ4n) is 3.50. The highest BCUT2D eigenvalue weighted by Crippen LogP contribution is 2.29. The molecule has 2 aliphatic rings. The van der Waals surface area contributed by atoms with Crippen LogP contribution in [0, 0.1) is 0 Å². The van der Waals surface area contributed by atoms with E-state index in [2.05, 4.69) is 4.74 Å². The molecular weight excluding hydrogens is 365 g/mol. The van der Waals surface area contributed by atoms with Crippen LogP contribution in [-0.4, -0.2) is 58.4 Å². The molecule has 9 heteroatoms. The summed E-state index contributed by atoms with van der Waals surface area (Å²) in [6.07, 6.45) is -2.74. The van der Waals surface area contributed by atoms with Gasteiger partial charge in [0.05, 0.1) is 5.60 Å². The predicted molar refractivity (Wildman–Crippen MR) is 88.9 cm³/mol. The summed E-state index contributed by atoms with van der Waals surface area (Å²) in [6.45, 7) is 1.09. The molecule has 0 saturated carbocycles. The molecule has 2 aliphatic heterocycles. The Kier molecular flexibility index (Phi) is 5.32. The van der Waals surface area contributed by atoms with Crippen molar-refractivity contribution in [2.45, 2.75) is 44.1 Å². The molecule has 1 aromatic carbocycles. The number of hydrogen-bond acceptors (Lipinski definition) is 4. The molecule has 2 saturated heterocycles. The zero-order valence-electron chi connectivity index (χ0n) is 14.7. The van der Waals surface area contributed by atoms with E-state index < -0.39 is 12.0 Å². The van der Waals surface area contributed by atoms with Crippen molar-refractivity contribution in [3.05, 3.63) is 29.8 Å². The number of likely N-dealkylation sites (tertiary alicyclic amines) is 2. The highest BCUT2D eigenvalue weighted by Gasteiger charge is 2.37. The number of carbonyl (C=O) groups is 2. The summed E-state index contributed by atoms with van der Waals surface area (Å²) in [4.78, 5) is 26.9. The maximum atomic E-state index is 12.4. The van der Waals surface area contributed by atoms with Crippen molar-refractivity contribution in [2.75, 3.05) is 19.6 Å². The van der Waals surface area contributed by atoms with Crippen LogP contribution in [0.3, 0.4) is 0 Å². The van der Waals surface area contributed by atoms with Crippen LogP contribution in [0.2, 0.25) is 0 Å². The molecule has 0 unspecified atom stereocenters. The zero-order valence-corrected chi connectivity index (χ0v) is 14.7. The quantitative estimate of drug-likeness (QED) is 0.867. The van der Waals surface area contributed by atoms with Crippen molar-refractivity contribution in [1.82, 2.24) is 9.80 Å². The normalized spacial score (nSPS) is 20.1. The van der Waals surface area contributed by atoms with Crippen molar-refractivity contribution in [1.29, 1.82) is 0 Å². The summed E-state index contributed by atoms with van der Waals surface area (Å²) in [6, 6.07) is 5.08. The van der Waals surface area contributed by atoms with Crippen molar-refractivity contribution in [3.8, 4) is 5.75 Å². The second-order valence-electron chi connectivity index (χ2n) is 7.01. The third-order valence-electron chi connectivity index (χ3n) is 4.96. The highest BCUT2D eigenvalue weighted by molar-refractivity contribution is 5.95. The summed E-state index contributed by atoms with van der Waals surface area (Å²) in [5, 5.41) is 10.8. The number of nitrogens with zero attached hydrogens (tertiary/aromatic N) is 2. The predicted octanol–water partition coefficient (Wildman–Crippen LogP) is 2.70. The van der Waals surface area contributed by atoms with E-state index in [4.69, 9.17) is 0 Å². The lowest BCUT2D eigenvalue weighted by Crippen LogP contribution is -2.52. The van der Waals surface area contributed by atoms with Gasteiger partial charge in [-0.25, -0.2) is 4.79 Å². The Labute approximate surface area is 154 Å². The van der Waals surface area contributed by atoms with Gasteiger partial charge in [0.15, 0.2) is 0 Å². The van der Waals surface area contributed by atoms with Gasteiger partial charge in [-0.2, -0.15) is 0 Å². The largest absolute Gasteiger partial charge is 0.573 e. The van der Waals surface area contributed by atoms with Gasteiger partial charge >= 0.3 is 12.4 Å². The number of alkyl halides is 3. The number of urea groups is 1. The molecule has 3 amide bonds. The average molecular weight is 386 g/mol. The van der Waals surface area contributed by atoms with Crippen LogP contribution in [0.5, 0.6) is 5.75 Å². The lowest BCUT2D eigenvalue weighted by molar-refractivity contribution is -0.274. The number of halogens is 3. The molecule has 0 atom stereocenters. The van der Waals surface area contributed by atoms with Crippen molar-refractivity contribution < 1.29 is 32.6 Å². The molecule has 27 heavy (non-hydrogen) atoms. The van der Waals surface area contributed by atoms with Gasteiger partial charge in [0.2, 0.25) is 5.91 Å². The van der Waals surface area contributed by atoms with Gasteiger partial charge in [-0.15, -0.1) is 13.2 Å². The minimum atomic E-state index is -4.74. The van der Waals surface area contributed by atoms with Crippen molar-refractivity contribution in [2.24, 2.45) is 0 Å². The Bertz CT molecular complexity index is 698. The first kappa shape index (κ1) is 19.5. The minimum Gasteiger partial charge on any atom is -0.406 e. The Morgan fingerprint density at radius 2 is 1.78 bits per heavy atom. The number of amides is 3. The van der Waals surface area contributed by atoms with Gasteiger partial charge in [0.25, 0.3) is 0 Å². The van der Waals surface area contributed by atoms with E-state index in [1.54, 1.807) is 4.90 Å². The van der Waals surface area contributed by atoms with Crippen LogP contribution in [0.1, 0.15) is 31.2 Å². The maximum absolute atomic E-state index is 12.4. The van der Waals surface area contributed by atoms with Crippen molar-refractivity contribution >= 4 is 11.9 Å². The molecule has 2 heterocycles. The lowest BCUT2D eigenvalue weighted by Gasteiger charge is -2.39. The number of carbonyl (C=O) groups excluding carboxylic acids is 2. The van der Waals surface area contributed by atoms with E-state index in [0.29, 0.717) is 50.9 Å². The van der Waals surface area contributed by atoms with Crippen LogP contribution < -0.4 is 4.74 Å². The molecule has 0 aliphatic carbocycles. The van der Waals surface area contributed by atoms with Gasteiger partial charge in [-0.05, 0) is 37.0 Å². The molecule has 2 fully saturated rings. The zero-order chi connectivity index (χ0) is 19.7. The summed E-state index contributed by atoms with van der Waals surface area (Å²) < 4.78 is 40.4. The summed E-state index contributed by atoms with van der Waals surface area (Å²) in [5.41, 5.74) is -0.361. The molecule has 0 bridgehead atoms. The van der Waals surface area contributed by atoms with Crippen molar-refractivity contribution in [3.63, 3.8) is 0 Å². The summed E-state index contributed by atoms with van der Waals surface area (Å²) >= 11 is 0. The van der Waals surface area contributed by atoms with E-state index in [-0.39, 0.29) is 24.1 Å². The topological polar surface area (TPSA) is 70.1 Å². The highest BCUT2D eigenvalue weighted by atomic mass is 19.4. The minimum absolute atomic E-state index is 0.165. The number of piperidine rings is 1. The third kappa shape index (κ3) is 4.91.